The second-order valence-corrected chi connectivity index (χ2v) is 5.33. The summed E-state index contributed by atoms with van der Waals surface area (Å²) in [6.07, 6.45) is 5.66. The van der Waals surface area contributed by atoms with Crippen molar-refractivity contribution in [2.45, 2.75) is 52.1 Å². The molecule has 0 aromatic heterocycles. The zero-order chi connectivity index (χ0) is 10.3. The van der Waals surface area contributed by atoms with Gasteiger partial charge in [-0.2, -0.15) is 0 Å². The molecule has 4 unspecified atom stereocenters. The summed E-state index contributed by atoms with van der Waals surface area (Å²) in [7, 11) is 0. The molecule has 0 aliphatic heterocycles. The Labute approximate surface area is 87.2 Å². The van der Waals surface area contributed by atoms with Crippen LogP contribution in [0.1, 0.15) is 46.0 Å². The first-order chi connectivity index (χ1) is 6.59. The summed E-state index contributed by atoms with van der Waals surface area (Å²) in [6, 6.07) is 0. The third-order valence-electron chi connectivity index (χ3n) is 4.92. The van der Waals surface area contributed by atoms with Gasteiger partial charge in [0.1, 0.15) is 0 Å². The zero-order valence-electron chi connectivity index (χ0n) is 9.42. The Morgan fingerprint density at radius 1 is 1.43 bits per heavy atom. The Hall–Kier alpha value is -0.300. The molecular formula is C13H22O. The molecule has 80 valence electrons. The molecular weight excluding hydrogens is 172 g/mol. The number of allylic oxidation sites excluding steroid dienone is 1. The van der Waals surface area contributed by atoms with Gasteiger partial charge in [-0.05, 0) is 49.4 Å². The second-order valence-electron chi connectivity index (χ2n) is 5.33. The number of aliphatic hydroxyl groups is 1. The highest BCUT2D eigenvalue weighted by Gasteiger charge is 2.48. The molecule has 2 rings (SSSR count). The number of rotatable bonds is 1. The van der Waals surface area contributed by atoms with Gasteiger partial charge >= 0.3 is 0 Å². The van der Waals surface area contributed by atoms with Gasteiger partial charge in [-0.15, -0.1) is 0 Å². The standard InChI is InChI=1S/C13H22O/c1-4-13(3)9(2)5-6-10-11(13)7-8-12(10)14/h10-12,14H,2,4-8H2,1,3H3. The molecule has 0 amide bonds. The lowest BCUT2D eigenvalue weighted by Gasteiger charge is -2.45. The van der Waals surface area contributed by atoms with Crippen LogP contribution < -0.4 is 0 Å². The van der Waals surface area contributed by atoms with Crippen LogP contribution >= 0.6 is 0 Å². The van der Waals surface area contributed by atoms with Crippen molar-refractivity contribution in [1.29, 1.82) is 0 Å². The maximum atomic E-state index is 9.91. The van der Waals surface area contributed by atoms with Crippen molar-refractivity contribution in [2.75, 3.05) is 0 Å². The van der Waals surface area contributed by atoms with Crippen LogP contribution in [-0.2, 0) is 0 Å². The third kappa shape index (κ3) is 1.25. The highest BCUT2D eigenvalue weighted by atomic mass is 16.3. The molecule has 0 radical (unpaired) electrons. The molecule has 1 heteroatoms. The van der Waals surface area contributed by atoms with E-state index in [9.17, 15) is 5.11 Å². The van der Waals surface area contributed by atoms with Gasteiger partial charge in [0.2, 0.25) is 0 Å². The van der Waals surface area contributed by atoms with Crippen LogP contribution in [0.5, 0.6) is 0 Å². The fourth-order valence-corrected chi connectivity index (χ4v) is 3.63. The van der Waals surface area contributed by atoms with Gasteiger partial charge in [-0.3, -0.25) is 0 Å². The minimum absolute atomic E-state index is 0.0287. The number of fused-ring (bicyclic) bond motifs is 1. The molecule has 2 saturated carbocycles. The molecule has 0 aromatic carbocycles. The van der Waals surface area contributed by atoms with Gasteiger partial charge in [0.05, 0.1) is 6.10 Å². The predicted molar refractivity (Wildman–Crippen MR) is 59.0 cm³/mol. The first-order valence-electron chi connectivity index (χ1n) is 5.96. The van der Waals surface area contributed by atoms with Gasteiger partial charge in [0, 0.05) is 0 Å². The Balaban J connectivity index is 2.26. The van der Waals surface area contributed by atoms with Gasteiger partial charge in [0.25, 0.3) is 0 Å². The molecule has 0 spiro atoms. The Morgan fingerprint density at radius 2 is 2.14 bits per heavy atom. The Bertz CT molecular complexity index is 246. The van der Waals surface area contributed by atoms with Crippen LogP contribution in [0, 0.1) is 17.3 Å². The topological polar surface area (TPSA) is 20.2 Å². The molecule has 2 fully saturated rings. The lowest BCUT2D eigenvalue weighted by atomic mass is 9.60. The van der Waals surface area contributed by atoms with Gasteiger partial charge in [-0.1, -0.05) is 26.0 Å². The van der Waals surface area contributed by atoms with E-state index < -0.39 is 0 Å². The summed E-state index contributed by atoms with van der Waals surface area (Å²) in [5, 5.41) is 9.91. The van der Waals surface area contributed by atoms with Crippen molar-refractivity contribution in [2.24, 2.45) is 17.3 Å². The molecule has 2 aliphatic carbocycles. The van der Waals surface area contributed by atoms with Crippen molar-refractivity contribution in [1.82, 2.24) is 0 Å². The Kier molecular flexibility index (Phi) is 2.46. The van der Waals surface area contributed by atoms with Crippen LogP contribution in [0.3, 0.4) is 0 Å². The van der Waals surface area contributed by atoms with E-state index in [1.807, 2.05) is 0 Å². The Morgan fingerprint density at radius 3 is 2.79 bits per heavy atom. The lowest BCUT2D eigenvalue weighted by Crippen LogP contribution is -2.38. The minimum Gasteiger partial charge on any atom is -0.393 e. The van der Waals surface area contributed by atoms with Crippen molar-refractivity contribution < 1.29 is 5.11 Å². The van der Waals surface area contributed by atoms with Crippen LogP contribution in [0.4, 0.5) is 0 Å². The van der Waals surface area contributed by atoms with Crippen LogP contribution in [0.2, 0.25) is 0 Å². The van der Waals surface area contributed by atoms with Gasteiger partial charge in [-0.25, -0.2) is 0 Å². The molecule has 2 aliphatic rings. The molecule has 14 heavy (non-hydrogen) atoms. The van der Waals surface area contributed by atoms with Crippen LogP contribution in [0.25, 0.3) is 0 Å². The summed E-state index contributed by atoms with van der Waals surface area (Å²) >= 11 is 0. The van der Waals surface area contributed by atoms with E-state index in [2.05, 4.69) is 20.4 Å². The highest BCUT2D eigenvalue weighted by Crippen LogP contribution is 2.55. The fraction of sp³-hybridized carbons (Fsp3) is 0.846. The van der Waals surface area contributed by atoms with Crippen molar-refractivity contribution in [3.05, 3.63) is 12.2 Å². The fourth-order valence-electron chi connectivity index (χ4n) is 3.63. The van der Waals surface area contributed by atoms with E-state index in [1.165, 1.54) is 24.8 Å². The monoisotopic (exact) mass is 194 g/mol. The quantitative estimate of drug-likeness (QED) is 0.636. The first-order valence-corrected chi connectivity index (χ1v) is 5.96. The maximum absolute atomic E-state index is 9.91. The summed E-state index contributed by atoms with van der Waals surface area (Å²) in [5.74, 6) is 1.26. The molecule has 1 N–H and O–H groups in total. The van der Waals surface area contributed by atoms with Crippen LogP contribution in [0.15, 0.2) is 12.2 Å². The molecule has 0 aromatic rings. The maximum Gasteiger partial charge on any atom is 0.0571 e. The average Bonchev–Trinajstić information content (AvgIpc) is 2.55. The van der Waals surface area contributed by atoms with E-state index in [0.717, 1.165) is 12.8 Å². The summed E-state index contributed by atoms with van der Waals surface area (Å²) in [4.78, 5) is 0. The molecule has 0 saturated heterocycles. The van der Waals surface area contributed by atoms with E-state index in [1.54, 1.807) is 0 Å². The zero-order valence-corrected chi connectivity index (χ0v) is 9.42. The average molecular weight is 194 g/mol. The largest absolute Gasteiger partial charge is 0.393 e. The molecule has 1 nitrogen and oxygen atoms in total. The normalized spacial score (nSPS) is 47.9. The third-order valence-corrected chi connectivity index (χ3v) is 4.92. The highest BCUT2D eigenvalue weighted by molar-refractivity contribution is 5.17. The predicted octanol–water partition coefficient (Wildman–Crippen LogP) is 3.14. The van der Waals surface area contributed by atoms with Crippen molar-refractivity contribution >= 4 is 0 Å². The number of aliphatic hydroxyl groups excluding tert-OH is 1. The molecule has 0 bridgehead atoms. The van der Waals surface area contributed by atoms with Crippen molar-refractivity contribution in [3.63, 3.8) is 0 Å². The smallest absolute Gasteiger partial charge is 0.0571 e. The minimum atomic E-state index is -0.0287. The summed E-state index contributed by atoms with van der Waals surface area (Å²) in [5.41, 5.74) is 1.73. The first kappa shape index (κ1) is 10.2. The van der Waals surface area contributed by atoms with Gasteiger partial charge in [0.15, 0.2) is 0 Å². The molecule has 0 heterocycles. The number of hydrogen-bond acceptors (Lipinski definition) is 1. The van der Waals surface area contributed by atoms with Gasteiger partial charge < -0.3 is 5.11 Å². The summed E-state index contributed by atoms with van der Waals surface area (Å²) < 4.78 is 0. The SMILES string of the molecule is C=C1CCC2C(O)CCC2C1(C)CC. The second kappa shape index (κ2) is 3.37. The molecule has 4 atom stereocenters. The van der Waals surface area contributed by atoms with E-state index in [-0.39, 0.29) is 6.10 Å². The van der Waals surface area contributed by atoms with Crippen LogP contribution in [-0.4, -0.2) is 11.2 Å². The van der Waals surface area contributed by atoms with E-state index in [0.29, 0.717) is 17.3 Å². The number of hydrogen-bond donors (Lipinski definition) is 1. The van der Waals surface area contributed by atoms with Crippen molar-refractivity contribution in [3.8, 4) is 0 Å². The van der Waals surface area contributed by atoms with E-state index in [4.69, 9.17) is 0 Å². The summed E-state index contributed by atoms with van der Waals surface area (Å²) in [6.45, 7) is 8.86. The lowest BCUT2D eigenvalue weighted by molar-refractivity contribution is 0.0569. The van der Waals surface area contributed by atoms with E-state index >= 15 is 0 Å².